The van der Waals surface area contributed by atoms with Gasteiger partial charge in [-0.25, -0.2) is 4.79 Å². The van der Waals surface area contributed by atoms with Gasteiger partial charge in [-0.05, 0) is 37.5 Å². The summed E-state index contributed by atoms with van der Waals surface area (Å²) in [4.78, 5) is 11.4. The molecule has 2 bridgehead atoms. The van der Waals surface area contributed by atoms with Crippen LogP contribution in [0, 0.1) is 17.8 Å². The molecule has 0 radical (unpaired) electrons. The Morgan fingerprint density at radius 2 is 2.27 bits per heavy atom. The van der Waals surface area contributed by atoms with Gasteiger partial charge in [0, 0.05) is 12.5 Å². The number of hydrogen-bond donors (Lipinski definition) is 1. The number of rotatable bonds is 2. The Balaban J connectivity index is 1.90. The van der Waals surface area contributed by atoms with E-state index in [-0.39, 0.29) is 5.92 Å². The van der Waals surface area contributed by atoms with Crippen LogP contribution in [0.3, 0.4) is 0 Å². The molecule has 2 aliphatic carbocycles. The van der Waals surface area contributed by atoms with Gasteiger partial charge in [0.1, 0.15) is 0 Å². The van der Waals surface area contributed by atoms with Crippen LogP contribution < -0.4 is 0 Å². The minimum atomic E-state index is -0.857. The molecule has 0 spiro atoms. The van der Waals surface area contributed by atoms with Crippen molar-refractivity contribution in [3.63, 3.8) is 0 Å². The van der Waals surface area contributed by atoms with E-state index in [0.717, 1.165) is 19.3 Å². The Labute approximate surface area is 89.1 Å². The minimum Gasteiger partial charge on any atom is -0.479 e. The van der Waals surface area contributed by atoms with Gasteiger partial charge in [-0.3, -0.25) is 0 Å². The number of aliphatic carboxylic acids is 1. The van der Waals surface area contributed by atoms with Crippen molar-refractivity contribution in [3.05, 3.63) is 12.2 Å². The van der Waals surface area contributed by atoms with E-state index in [0.29, 0.717) is 24.9 Å². The highest BCUT2D eigenvalue weighted by Crippen LogP contribution is 2.51. The minimum absolute atomic E-state index is 0.215. The van der Waals surface area contributed by atoms with Gasteiger partial charge < -0.3 is 9.84 Å². The smallest absolute Gasteiger partial charge is 0.336 e. The van der Waals surface area contributed by atoms with Crippen molar-refractivity contribution in [1.82, 2.24) is 0 Å². The highest BCUT2D eigenvalue weighted by Gasteiger charge is 2.55. The fraction of sp³-hybridized carbons (Fsp3) is 0.750. The van der Waals surface area contributed by atoms with Crippen LogP contribution in [0.5, 0.6) is 0 Å². The molecule has 0 aromatic carbocycles. The molecule has 1 saturated carbocycles. The van der Waals surface area contributed by atoms with Crippen molar-refractivity contribution in [3.8, 4) is 0 Å². The number of hydrogen-bond acceptors (Lipinski definition) is 2. The van der Waals surface area contributed by atoms with Gasteiger partial charge in [-0.2, -0.15) is 0 Å². The van der Waals surface area contributed by atoms with Crippen LogP contribution in [-0.4, -0.2) is 23.3 Å². The standard InChI is InChI=1S/C12H16O3/c13-11(14)12(4-1-5-15-12)10-7-8-2-3-9(10)6-8/h2-3,8-10H,1,4-7H2,(H,13,14). The lowest BCUT2D eigenvalue weighted by molar-refractivity contribution is -0.168. The van der Waals surface area contributed by atoms with Crippen molar-refractivity contribution in [2.75, 3.05) is 6.61 Å². The molecule has 0 aromatic rings. The normalized spacial score (nSPS) is 47.6. The van der Waals surface area contributed by atoms with E-state index in [9.17, 15) is 9.90 Å². The van der Waals surface area contributed by atoms with Crippen LogP contribution in [0.25, 0.3) is 0 Å². The molecule has 15 heavy (non-hydrogen) atoms. The van der Waals surface area contributed by atoms with Crippen LogP contribution in [-0.2, 0) is 9.53 Å². The highest BCUT2D eigenvalue weighted by atomic mass is 16.5. The fourth-order valence-electron chi connectivity index (χ4n) is 3.60. The van der Waals surface area contributed by atoms with Crippen molar-refractivity contribution < 1.29 is 14.6 Å². The maximum absolute atomic E-state index is 11.4. The second kappa shape index (κ2) is 3.08. The third kappa shape index (κ3) is 1.19. The number of carboxylic acids is 1. The lowest BCUT2D eigenvalue weighted by atomic mass is 9.77. The average molecular weight is 208 g/mol. The van der Waals surface area contributed by atoms with Gasteiger partial charge in [0.05, 0.1) is 0 Å². The predicted molar refractivity (Wildman–Crippen MR) is 54.4 cm³/mol. The summed E-state index contributed by atoms with van der Waals surface area (Å²) in [5, 5.41) is 9.40. The topological polar surface area (TPSA) is 46.5 Å². The molecule has 0 aromatic heterocycles. The molecule has 3 heteroatoms. The number of ether oxygens (including phenoxy) is 1. The molecule has 3 nitrogen and oxygen atoms in total. The molecular weight excluding hydrogens is 192 g/mol. The van der Waals surface area contributed by atoms with Gasteiger partial charge in [0.25, 0.3) is 0 Å². The second-order valence-corrected chi connectivity index (χ2v) is 5.03. The zero-order chi connectivity index (χ0) is 10.5. The summed E-state index contributed by atoms with van der Waals surface area (Å²) in [5.41, 5.74) is -0.857. The van der Waals surface area contributed by atoms with Gasteiger partial charge >= 0.3 is 5.97 Å². The number of carbonyl (C=O) groups is 1. The van der Waals surface area contributed by atoms with E-state index >= 15 is 0 Å². The van der Waals surface area contributed by atoms with E-state index in [1.165, 1.54) is 0 Å². The van der Waals surface area contributed by atoms with Crippen LogP contribution in [0.4, 0.5) is 0 Å². The Bertz CT molecular complexity index is 315. The third-order valence-electron chi connectivity index (χ3n) is 4.29. The lowest BCUT2D eigenvalue weighted by Gasteiger charge is -2.34. The summed E-state index contributed by atoms with van der Waals surface area (Å²) in [5.74, 6) is 0.531. The number of carboxylic acid groups (broad SMARTS) is 1. The number of fused-ring (bicyclic) bond motifs is 2. The maximum atomic E-state index is 11.4. The van der Waals surface area contributed by atoms with Crippen molar-refractivity contribution in [2.24, 2.45) is 17.8 Å². The largest absolute Gasteiger partial charge is 0.479 e. The summed E-state index contributed by atoms with van der Waals surface area (Å²) >= 11 is 0. The van der Waals surface area contributed by atoms with E-state index < -0.39 is 11.6 Å². The molecule has 82 valence electrons. The van der Waals surface area contributed by atoms with Gasteiger partial charge in [-0.15, -0.1) is 0 Å². The van der Waals surface area contributed by atoms with Crippen molar-refractivity contribution in [1.29, 1.82) is 0 Å². The van der Waals surface area contributed by atoms with Gasteiger partial charge in [0.15, 0.2) is 5.60 Å². The zero-order valence-corrected chi connectivity index (χ0v) is 8.69. The van der Waals surface area contributed by atoms with Crippen LogP contribution in [0.1, 0.15) is 25.7 Å². The molecule has 1 heterocycles. The van der Waals surface area contributed by atoms with E-state index in [4.69, 9.17) is 4.74 Å². The first kappa shape index (κ1) is 9.40. The third-order valence-corrected chi connectivity index (χ3v) is 4.29. The first-order valence-corrected chi connectivity index (χ1v) is 5.78. The zero-order valence-electron chi connectivity index (χ0n) is 8.69. The van der Waals surface area contributed by atoms with Crippen LogP contribution >= 0.6 is 0 Å². The van der Waals surface area contributed by atoms with Crippen LogP contribution in [0.15, 0.2) is 12.2 Å². The van der Waals surface area contributed by atoms with Crippen molar-refractivity contribution in [2.45, 2.75) is 31.3 Å². The quantitative estimate of drug-likeness (QED) is 0.704. The molecule has 3 rings (SSSR count). The summed E-state index contributed by atoms with van der Waals surface area (Å²) < 4.78 is 5.61. The average Bonchev–Trinajstić information content (AvgIpc) is 2.94. The summed E-state index contributed by atoms with van der Waals surface area (Å²) in [7, 11) is 0. The maximum Gasteiger partial charge on any atom is 0.336 e. The first-order valence-electron chi connectivity index (χ1n) is 5.78. The number of allylic oxidation sites excluding steroid dienone is 2. The Morgan fingerprint density at radius 1 is 1.40 bits per heavy atom. The Morgan fingerprint density at radius 3 is 2.73 bits per heavy atom. The second-order valence-electron chi connectivity index (χ2n) is 5.03. The van der Waals surface area contributed by atoms with Gasteiger partial charge in [0.2, 0.25) is 0 Å². The summed E-state index contributed by atoms with van der Waals surface area (Å²) in [6, 6.07) is 0. The molecule has 4 unspecified atom stereocenters. The molecular formula is C12H16O3. The van der Waals surface area contributed by atoms with Crippen molar-refractivity contribution >= 4 is 5.97 Å². The molecule has 2 fully saturated rings. The highest BCUT2D eigenvalue weighted by molar-refractivity contribution is 5.78. The van der Waals surface area contributed by atoms with E-state index in [2.05, 4.69) is 12.2 Å². The molecule has 0 amide bonds. The molecule has 4 atom stereocenters. The van der Waals surface area contributed by atoms with E-state index in [1.54, 1.807) is 0 Å². The fourth-order valence-corrected chi connectivity index (χ4v) is 3.60. The molecule has 1 aliphatic heterocycles. The lowest BCUT2D eigenvalue weighted by Crippen LogP contribution is -2.47. The van der Waals surface area contributed by atoms with Gasteiger partial charge in [-0.1, -0.05) is 12.2 Å². The molecule has 1 N–H and O–H groups in total. The monoisotopic (exact) mass is 208 g/mol. The Hall–Kier alpha value is -0.830. The molecule has 3 aliphatic rings. The Kier molecular flexibility index (Phi) is 1.93. The van der Waals surface area contributed by atoms with E-state index in [1.807, 2.05) is 0 Å². The molecule has 1 saturated heterocycles. The summed E-state index contributed by atoms with van der Waals surface area (Å²) in [6.45, 7) is 0.615. The summed E-state index contributed by atoms with van der Waals surface area (Å²) in [6.07, 6.45) is 8.18. The predicted octanol–water partition coefficient (Wildman–Crippen LogP) is 1.83. The van der Waals surface area contributed by atoms with Crippen LogP contribution in [0.2, 0.25) is 0 Å². The first-order chi connectivity index (χ1) is 7.22. The SMILES string of the molecule is O=C(O)C1(C2CC3C=CC2C3)CCCO1.